The van der Waals surface area contributed by atoms with Crippen molar-refractivity contribution in [2.45, 2.75) is 5.92 Å². The zero-order valence-corrected chi connectivity index (χ0v) is 16.3. The van der Waals surface area contributed by atoms with Crippen LogP contribution in [0.25, 0.3) is 10.9 Å². The third-order valence-electron chi connectivity index (χ3n) is 4.86. The minimum absolute atomic E-state index is 0.0645. The number of halogens is 1. The van der Waals surface area contributed by atoms with E-state index in [2.05, 4.69) is 27.0 Å². The first kappa shape index (κ1) is 17.4. The van der Waals surface area contributed by atoms with E-state index in [1.807, 2.05) is 36.5 Å². The molecule has 136 valence electrons. The van der Waals surface area contributed by atoms with Crippen molar-refractivity contribution in [3.63, 3.8) is 0 Å². The maximum Gasteiger partial charge on any atom is 0.205 e. The molecule has 7 heteroatoms. The summed E-state index contributed by atoms with van der Waals surface area (Å²) >= 11 is 3.60. The summed E-state index contributed by atoms with van der Waals surface area (Å²) in [5.41, 5.74) is 2.61. The molecule has 27 heavy (non-hydrogen) atoms. The summed E-state index contributed by atoms with van der Waals surface area (Å²) in [5.74, 6) is 0.574. The largest absolute Gasteiger partial charge is 0.493 e. The number of ether oxygens (including phenoxy) is 3. The molecule has 1 aromatic heterocycles. The van der Waals surface area contributed by atoms with Gasteiger partial charge in [0.05, 0.1) is 20.3 Å². The van der Waals surface area contributed by atoms with E-state index >= 15 is 0 Å². The summed E-state index contributed by atoms with van der Waals surface area (Å²) in [6, 6.07) is 11.7. The van der Waals surface area contributed by atoms with Crippen LogP contribution in [-0.2, 0) is 0 Å². The molecule has 0 saturated carbocycles. The summed E-state index contributed by atoms with van der Waals surface area (Å²) in [7, 11) is 3.14. The molecule has 0 spiro atoms. The molecule has 2 atom stereocenters. The molecule has 2 N–H and O–H groups in total. The van der Waals surface area contributed by atoms with E-state index in [1.54, 1.807) is 14.2 Å². The number of aromatic amines is 1. The third-order valence-corrected chi connectivity index (χ3v) is 5.54. The molecule has 2 aromatic carbocycles. The average molecular weight is 426 g/mol. The zero-order valence-electron chi connectivity index (χ0n) is 14.7. The summed E-state index contributed by atoms with van der Waals surface area (Å²) in [4.78, 5) is 3.15. The van der Waals surface area contributed by atoms with Gasteiger partial charge in [-0.25, -0.2) is 0 Å². The second kappa shape index (κ2) is 6.63. The molecule has 2 unspecified atom stereocenters. The predicted molar refractivity (Wildman–Crippen MR) is 105 cm³/mol. The van der Waals surface area contributed by atoms with Gasteiger partial charge in [0.25, 0.3) is 0 Å². The van der Waals surface area contributed by atoms with Crippen molar-refractivity contribution in [2.24, 2.45) is 5.92 Å². The monoisotopic (exact) mass is 425 g/mol. The number of nitriles is 1. The number of aromatic nitrogens is 1. The van der Waals surface area contributed by atoms with Crippen molar-refractivity contribution >= 4 is 32.7 Å². The number of nitrogens with zero attached hydrogens (tertiary/aromatic N) is 1. The van der Waals surface area contributed by atoms with Crippen LogP contribution in [0.15, 0.2) is 41.0 Å². The molecule has 3 aromatic rings. The Kier molecular flexibility index (Phi) is 4.28. The predicted octanol–water partition coefficient (Wildman–Crippen LogP) is 4.59. The second-order valence-electron chi connectivity index (χ2n) is 6.20. The Labute approximate surface area is 164 Å². The highest BCUT2D eigenvalue weighted by Gasteiger charge is 2.39. The fraction of sp³-hybridized carbons (Fsp3) is 0.200. The molecule has 0 aliphatic carbocycles. The Hall–Kier alpha value is -2.98. The summed E-state index contributed by atoms with van der Waals surface area (Å²) < 4.78 is 17.4. The number of H-pyrrole nitrogens is 1. The first-order valence-corrected chi connectivity index (χ1v) is 9.05. The first-order valence-electron chi connectivity index (χ1n) is 8.26. The quantitative estimate of drug-likeness (QED) is 0.641. The molecule has 6 nitrogen and oxygen atoms in total. The lowest BCUT2D eigenvalue weighted by atomic mass is 9.78. The minimum Gasteiger partial charge on any atom is -0.493 e. The van der Waals surface area contributed by atoms with Crippen molar-refractivity contribution in [1.29, 1.82) is 10.7 Å². The standard InChI is InChI=1S/C20H16BrN3O3/c1-25-16-7-12(14(21)8-17(16)26-2)18-11-3-4-15-10(5-6-24-15)19(11)27-20(23)13(18)9-22/h3-8,13,18,23-24H,1-2H3. The fourth-order valence-corrected chi connectivity index (χ4v) is 4.14. The molecule has 0 radical (unpaired) electrons. The van der Waals surface area contributed by atoms with Crippen LogP contribution in [0.4, 0.5) is 0 Å². The lowest BCUT2D eigenvalue weighted by molar-refractivity contribution is 0.353. The molecule has 0 saturated heterocycles. The van der Waals surface area contributed by atoms with E-state index in [1.165, 1.54) is 0 Å². The lowest BCUT2D eigenvalue weighted by Crippen LogP contribution is -2.31. The fourth-order valence-electron chi connectivity index (χ4n) is 3.57. The third kappa shape index (κ3) is 2.64. The maximum atomic E-state index is 9.76. The highest BCUT2D eigenvalue weighted by molar-refractivity contribution is 9.10. The average Bonchev–Trinajstić information content (AvgIpc) is 3.16. The number of benzene rings is 2. The second-order valence-corrected chi connectivity index (χ2v) is 7.06. The summed E-state index contributed by atoms with van der Waals surface area (Å²) in [6.07, 6.45) is 1.83. The SMILES string of the molecule is COc1cc(Br)c(C2c3ccc4[nH]ccc4c3OC(=N)C2C#N)cc1OC. The van der Waals surface area contributed by atoms with Crippen LogP contribution in [0.2, 0.25) is 0 Å². The van der Waals surface area contributed by atoms with Crippen molar-refractivity contribution < 1.29 is 14.2 Å². The van der Waals surface area contributed by atoms with Gasteiger partial charge in [-0.2, -0.15) is 5.26 Å². The Morgan fingerprint density at radius 3 is 2.59 bits per heavy atom. The van der Waals surface area contributed by atoms with E-state index in [0.29, 0.717) is 17.2 Å². The molecule has 2 heterocycles. The van der Waals surface area contributed by atoms with Gasteiger partial charge in [0.1, 0.15) is 11.7 Å². The topological polar surface area (TPSA) is 91.1 Å². The molecule has 0 amide bonds. The van der Waals surface area contributed by atoms with Gasteiger partial charge in [0.15, 0.2) is 11.5 Å². The normalized spacial score (nSPS) is 18.5. The zero-order chi connectivity index (χ0) is 19.1. The summed E-state index contributed by atoms with van der Waals surface area (Å²) in [6.45, 7) is 0. The lowest BCUT2D eigenvalue weighted by Gasteiger charge is -2.31. The van der Waals surface area contributed by atoms with Crippen LogP contribution in [-0.4, -0.2) is 25.1 Å². The van der Waals surface area contributed by atoms with Crippen LogP contribution >= 0.6 is 15.9 Å². The van der Waals surface area contributed by atoms with E-state index in [0.717, 1.165) is 26.5 Å². The number of methoxy groups -OCH3 is 2. The van der Waals surface area contributed by atoms with Crippen molar-refractivity contribution in [2.75, 3.05) is 14.2 Å². The Morgan fingerprint density at radius 1 is 1.15 bits per heavy atom. The summed E-state index contributed by atoms with van der Waals surface area (Å²) in [5, 5.41) is 19.0. The Morgan fingerprint density at radius 2 is 1.89 bits per heavy atom. The van der Waals surface area contributed by atoms with E-state index in [-0.39, 0.29) is 11.8 Å². The highest BCUT2D eigenvalue weighted by Crippen LogP contribution is 2.48. The molecular formula is C20H16BrN3O3. The maximum absolute atomic E-state index is 9.76. The Bertz CT molecular complexity index is 1100. The van der Waals surface area contributed by atoms with Gasteiger partial charge in [-0.1, -0.05) is 22.0 Å². The molecular weight excluding hydrogens is 410 g/mol. The Balaban J connectivity index is 1.99. The molecule has 1 aliphatic rings. The molecule has 0 bridgehead atoms. The van der Waals surface area contributed by atoms with Crippen molar-refractivity contribution in [1.82, 2.24) is 4.98 Å². The molecule has 0 fully saturated rings. The number of rotatable bonds is 3. The van der Waals surface area contributed by atoms with Gasteiger partial charge in [-0.05, 0) is 29.8 Å². The smallest absolute Gasteiger partial charge is 0.205 e. The van der Waals surface area contributed by atoms with E-state index < -0.39 is 5.92 Å². The van der Waals surface area contributed by atoms with Crippen LogP contribution in [0.3, 0.4) is 0 Å². The van der Waals surface area contributed by atoms with Gasteiger partial charge in [0, 0.05) is 33.1 Å². The number of hydrogen-bond acceptors (Lipinski definition) is 5. The molecule has 4 rings (SSSR count). The van der Waals surface area contributed by atoms with Crippen LogP contribution in [0, 0.1) is 22.7 Å². The van der Waals surface area contributed by atoms with Crippen LogP contribution in [0.5, 0.6) is 17.2 Å². The van der Waals surface area contributed by atoms with Gasteiger partial charge in [-0.15, -0.1) is 0 Å². The van der Waals surface area contributed by atoms with Gasteiger partial charge in [0.2, 0.25) is 5.90 Å². The number of nitrogens with one attached hydrogen (secondary N) is 2. The van der Waals surface area contributed by atoms with Crippen LogP contribution < -0.4 is 14.2 Å². The van der Waals surface area contributed by atoms with Gasteiger partial charge >= 0.3 is 0 Å². The van der Waals surface area contributed by atoms with Gasteiger partial charge < -0.3 is 19.2 Å². The van der Waals surface area contributed by atoms with Crippen molar-refractivity contribution in [3.05, 3.63) is 52.1 Å². The minimum atomic E-state index is -0.747. The van der Waals surface area contributed by atoms with Gasteiger partial charge in [-0.3, -0.25) is 5.41 Å². The number of hydrogen-bond donors (Lipinski definition) is 2. The molecule has 1 aliphatic heterocycles. The van der Waals surface area contributed by atoms with E-state index in [4.69, 9.17) is 19.6 Å². The van der Waals surface area contributed by atoms with Crippen molar-refractivity contribution in [3.8, 4) is 23.3 Å². The van der Waals surface area contributed by atoms with Crippen LogP contribution in [0.1, 0.15) is 17.0 Å². The first-order chi connectivity index (χ1) is 13.1. The number of fused-ring (bicyclic) bond motifs is 3. The van der Waals surface area contributed by atoms with E-state index in [9.17, 15) is 5.26 Å². The highest BCUT2D eigenvalue weighted by atomic mass is 79.9.